The van der Waals surface area contributed by atoms with E-state index >= 15 is 0 Å². The lowest BCUT2D eigenvalue weighted by Crippen LogP contribution is -2.00. The largest absolute Gasteiger partial charge is 0.497 e. The Balaban J connectivity index is 1.33. The molecule has 7 heteroatoms. The summed E-state index contributed by atoms with van der Waals surface area (Å²) in [6.07, 6.45) is 1.98. The lowest BCUT2D eigenvalue weighted by atomic mass is 10.1. The van der Waals surface area contributed by atoms with Crippen LogP contribution in [0.1, 0.15) is 11.3 Å². The van der Waals surface area contributed by atoms with Gasteiger partial charge in [-0.05, 0) is 17.7 Å². The van der Waals surface area contributed by atoms with Gasteiger partial charge in [0.25, 0.3) is 0 Å². The number of hydrogen-bond acceptors (Lipinski definition) is 5. The first kappa shape index (κ1) is 21.0. The second-order valence-electron chi connectivity index (χ2n) is 7.55. The Morgan fingerprint density at radius 2 is 1.67 bits per heavy atom. The van der Waals surface area contributed by atoms with E-state index in [9.17, 15) is 0 Å². The molecular formula is C26H23N5OS. The highest BCUT2D eigenvalue weighted by molar-refractivity contribution is 7.98. The molecule has 2 heterocycles. The van der Waals surface area contributed by atoms with E-state index in [1.165, 1.54) is 0 Å². The van der Waals surface area contributed by atoms with Crippen molar-refractivity contribution in [3.05, 3.63) is 102 Å². The maximum Gasteiger partial charge on any atom is 0.166 e. The lowest BCUT2D eigenvalue weighted by molar-refractivity contribution is 0.414. The van der Waals surface area contributed by atoms with Gasteiger partial charge in [0.05, 0.1) is 30.7 Å². The summed E-state index contributed by atoms with van der Waals surface area (Å²) in [5, 5.41) is 9.47. The van der Waals surface area contributed by atoms with Crippen LogP contribution < -0.4 is 4.74 Å². The van der Waals surface area contributed by atoms with Gasteiger partial charge in [0.15, 0.2) is 5.16 Å². The van der Waals surface area contributed by atoms with Crippen molar-refractivity contribution in [1.82, 2.24) is 25.0 Å². The molecular weight excluding hydrogens is 430 g/mol. The van der Waals surface area contributed by atoms with Crippen LogP contribution >= 0.6 is 11.8 Å². The molecule has 33 heavy (non-hydrogen) atoms. The van der Waals surface area contributed by atoms with Gasteiger partial charge < -0.3 is 9.72 Å². The van der Waals surface area contributed by atoms with Gasteiger partial charge in [-0.15, -0.1) is 5.10 Å². The number of nitrogens with one attached hydrogen (secondary N) is 1. The number of rotatable bonds is 8. The number of imidazole rings is 1. The van der Waals surface area contributed by atoms with Crippen molar-refractivity contribution in [2.75, 3.05) is 7.11 Å². The fourth-order valence-corrected chi connectivity index (χ4v) is 4.37. The van der Waals surface area contributed by atoms with Crippen molar-refractivity contribution in [3.63, 3.8) is 0 Å². The highest BCUT2D eigenvalue weighted by atomic mass is 32.2. The number of nitrogens with zero attached hydrogens (tertiary/aromatic N) is 4. The van der Waals surface area contributed by atoms with Crippen LogP contribution in [0.2, 0.25) is 0 Å². The SMILES string of the molecule is COc1cccc(Cn2cc(CSc3nc(-c4ccccc4)c(-c4ccccc4)[nH]3)nn2)c1. The first-order chi connectivity index (χ1) is 16.3. The van der Waals surface area contributed by atoms with Crippen LogP contribution in [0.3, 0.4) is 0 Å². The van der Waals surface area contributed by atoms with Crippen molar-refractivity contribution in [2.45, 2.75) is 17.5 Å². The van der Waals surface area contributed by atoms with Gasteiger partial charge in [0, 0.05) is 23.1 Å². The average Bonchev–Trinajstić information content (AvgIpc) is 3.51. The summed E-state index contributed by atoms with van der Waals surface area (Å²) in [6.45, 7) is 0.645. The Bertz CT molecular complexity index is 1270. The fourth-order valence-electron chi connectivity index (χ4n) is 3.62. The van der Waals surface area contributed by atoms with E-state index in [4.69, 9.17) is 9.72 Å². The van der Waals surface area contributed by atoms with Gasteiger partial charge in [-0.1, -0.05) is 89.8 Å². The Morgan fingerprint density at radius 1 is 0.909 bits per heavy atom. The molecule has 5 aromatic rings. The summed E-state index contributed by atoms with van der Waals surface area (Å²) in [6, 6.07) is 28.5. The van der Waals surface area contributed by atoms with Crippen molar-refractivity contribution in [2.24, 2.45) is 0 Å². The van der Waals surface area contributed by atoms with Crippen LogP contribution in [0, 0.1) is 0 Å². The highest BCUT2D eigenvalue weighted by Gasteiger charge is 2.15. The Labute approximate surface area is 196 Å². The van der Waals surface area contributed by atoms with E-state index in [0.717, 1.165) is 44.7 Å². The number of aromatic amines is 1. The summed E-state index contributed by atoms with van der Waals surface area (Å²) >= 11 is 1.62. The zero-order chi connectivity index (χ0) is 22.5. The van der Waals surface area contributed by atoms with Gasteiger partial charge in [0.1, 0.15) is 5.75 Å². The van der Waals surface area contributed by atoms with E-state index in [2.05, 4.69) is 45.6 Å². The Hall–Kier alpha value is -3.84. The summed E-state index contributed by atoms with van der Waals surface area (Å²) in [7, 11) is 1.67. The molecule has 0 atom stereocenters. The number of thioether (sulfide) groups is 1. The molecule has 0 aliphatic rings. The van der Waals surface area contributed by atoms with Crippen LogP contribution in [0.5, 0.6) is 5.75 Å². The molecule has 5 rings (SSSR count). The average molecular weight is 454 g/mol. The number of methoxy groups -OCH3 is 1. The third kappa shape index (κ3) is 4.99. The molecule has 0 saturated heterocycles. The normalized spacial score (nSPS) is 10.9. The molecule has 0 aliphatic carbocycles. The quantitative estimate of drug-likeness (QED) is 0.306. The van der Waals surface area contributed by atoms with Crippen molar-refractivity contribution >= 4 is 11.8 Å². The van der Waals surface area contributed by atoms with Crippen molar-refractivity contribution in [1.29, 1.82) is 0 Å². The topological polar surface area (TPSA) is 68.6 Å². The highest BCUT2D eigenvalue weighted by Crippen LogP contribution is 2.33. The van der Waals surface area contributed by atoms with Crippen LogP contribution in [0.25, 0.3) is 22.5 Å². The minimum atomic E-state index is 0.645. The van der Waals surface area contributed by atoms with E-state index in [1.807, 2.05) is 65.5 Å². The molecule has 1 N–H and O–H groups in total. The molecule has 0 bridgehead atoms. The molecule has 0 fully saturated rings. The molecule has 0 aliphatic heterocycles. The predicted molar refractivity (Wildman–Crippen MR) is 131 cm³/mol. The zero-order valence-electron chi connectivity index (χ0n) is 18.2. The Kier molecular flexibility index (Phi) is 6.21. The molecule has 6 nitrogen and oxygen atoms in total. The second-order valence-corrected chi connectivity index (χ2v) is 8.51. The molecule has 3 aromatic carbocycles. The zero-order valence-corrected chi connectivity index (χ0v) is 19.0. The summed E-state index contributed by atoms with van der Waals surface area (Å²) in [5.41, 5.74) is 6.19. The minimum absolute atomic E-state index is 0.645. The number of hydrogen-bond donors (Lipinski definition) is 1. The molecule has 0 amide bonds. The van der Waals surface area contributed by atoms with E-state index in [-0.39, 0.29) is 0 Å². The monoisotopic (exact) mass is 453 g/mol. The molecule has 0 saturated carbocycles. The van der Waals surface area contributed by atoms with Gasteiger partial charge in [-0.25, -0.2) is 9.67 Å². The number of H-pyrrole nitrogens is 1. The maximum absolute atomic E-state index is 5.30. The van der Waals surface area contributed by atoms with Crippen LogP contribution in [0.4, 0.5) is 0 Å². The standard InChI is InChI=1S/C26H23N5OS/c1-32-23-14-8-9-19(15-23)16-31-17-22(29-30-31)18-33-26-27-24(20-10-4-2-5-11-20)25(28-26)21-12-6-3-7-13-21/h2-15,17H,16,18H2,1H3,(H,27,28). The molecule has 0 spiro atoms. The van der Waals surface area contributed by atoms with Crippen molar-refractivity contribution in [3.8, 4) is 28.3 Å². The van der Waals surface area contributed by atoms with Crippen LogP contribution in [0.15, 0.2) is 96.3 Å². The fraction of sp³-hybridized carbons (Fsp3) is 0.115. The second kappa shape index (κ2) is 9.75. The third-order valence-electron chi connectivity index (χ3n) is 5.21. The van der Waals surface area contributed by atoms with Crippen molar-refractivity contribution < 1.29 is 4.74 Å². The van der Waals surface area contributed by atoms with Gasteiger partial charge in [-0.3, -0.25) is 0 Å². The third-order valence-corrected chi connectivity index (χ3v) is 6.12. The van der Waals surface area contributed by atoms with Crippen LogP contribution in [-0.4, -0.2) is 32.1 Å². The van der Waals surface area contributed by atoms with E-state index in [0.29, 0.717) is 12.3 Å². The molecule has 0 radical (unpaired) electrons. The summed E-state index contributed by atoms with van der Waals surface area (Å²) in [5.74, 6) is 1.51. The molecule has 0 unspecified atom stereocenters. The lowest BCUT2D eigenvalue weighted by Gasteiger charge is -2.03. The van der Waals surface area contributed by atoms with Gasteiger partial charge in [0.2, 0.25) is 0 Å². The summed E-state index contributed by atoms with van der Waals surface area (Å²) in [4.78, 5) is 8.41. The maximum atomic E-state index is 5.30. The predicted octanol–water partition coefficient (Wildman–Crippen LogP) is 5.68. The number of aromatic nitrogens is 5. The molecule has 164 valence electrons. The number of ether oxygens (including phenoxy) is 1. The first-order valence-electron chi connectivity index (χ1n) is 10.6. The minimum Gasteiger partial charge on any atom is -0.497 e. The van der Waals surface area contributed by atoms with E-state index < -0.39 is 0 Å². The smallest absolute Gasteiger partial charge is 0.166 e. The van der Waals surface area contributed by atoms with Gasteiger partial charge in [-0.2, -0.15) is 0 Å². The van der Waals surface area contributed by atoms with Crippen LogP contribution in [-0.2, 0) is 12.3 Å². The first-order valence-corrected chi connectivity index (χ1v) is 11.6. The van der Waals surface area contributed by atoms with E-state index in [1.54, 1.807) is 18.9 Å². The summed E-state index contributed by atoms with van der Waals surface area (Å²) < 4.78 is 7.15. The van der Waals surface area contributed by atoms with Gasteiger partial charge >= 0.3 is 0 Å². The molecule has 2 aromatic heterocycles. The number of benzene rings is 3. The Morgan fingerprint density at radius 3 is 2.42 bits per heavy atom.